The first-order valence-electron chi connectivity index (χ1n) is 6.71. The van der Waals surface area contributed by atoms with Crippen LogP contribution in [-0.4, -0.2) is 26.9 Å². The van der Waals surface area contributed by atoms with Crippen LogP contribution in [0, 0.1) is 0 Å². The molecule has 3 N–H and O–H groups in total. The fraction of sp³-hybridized carbons (Fsp3) is 0. The van der Waals surface area contributed by atoms with Crippen LogP contribution in [0.2, 0.25) is 0 Å². The molecule has 0 fully saturated rings. The molecular weight excluding hydrogens is 298 g/mol. The quantitative estimate of drug-likeness (QED) is 0.643. The molecule has 3 aromatic rings. The summed E-state index contributed by atoms with van der Waals surface area (Å²) in [5.41, 5.74) is -1.17. The third kappa shape index (κ3) is 2.36. The predicted octanol–water partition coefficient (Wildman–Crippen LogP) is 2.16. The summed E-state index contributed by atoms with van der Waals surface area (Å²) in [4.78, 5) is 38.3. The zero-order chi connectivity index (χ0) is 16.6. The number of carbonyl (C=O) groups excluding carboxylic acids is 1. The number of fused-ring (bicyclic) bond motifs is 1. The van der Waals surface area contributed by atoms with E-state index in [0.717, 1.165) is 0 Å². The highest BCUT2D eigenvalue weighted by atomic mass is 16.4. The van der Waals surface area contributed by atoms with Crippen molar-refractivity contribution >= 4 is 22.7 Å². The molecule has 0 bridgehead atoms. The standard InChI is InChI=1S/C17H11NO5/c19-14(9-5-2-1-3-6-9)12-15(20)10-7-4-8-11(17(22)23)13(10)18-16(12)21/h1-8H,(H,22,23)(H2,18,20,21). The summed E-state index contributed by atoms with van der Waals surface area (Å²) in [6.45, 7) is 0. The summed E-state index contributed by atoms with van der Waals surface area (Å²) < 4.78 is 0. The first-order chi connectivity index (χ1) is 11.0. The molecular formula is C17H11NO5. The van der Waals surface area contributed by atoms with Crippen LogP contribution in [0.5, 0.6) is 5.75 Å². The van der Waals surface area contributed by atoms with E-state index in [1.54, 1.807) is 18.2 Å². The topological polar surface area (TPSA) is 107 Å². The van der Waals surface area contributed by atoms with Gasteiger partial charge in [0.2, 0.25) is 5.78 Å². The van der Waals surface area contributed by atoms with Crippen molar-refractivity contribution in [1.29, 1.82) is 0 Å². The van der Waals surface area contributed by atoms with Crippen LogP contribution in [-0.2, 0) is 0 Å². The molecule has 0 saturated carbocycles. The Bertz CT molecular complexity index is 989. The summed E-state index contributed by atoms with van der Waals surface area (Å²) in [5, 5.41) is 19.6. The number of carbonyl (C=O) groups is 2. The summed E-state index contributed by atoms with van der Waals surface area (Å²) in [6, 6.07) is 12.2. The van der Waals surface area contributed by atoms with E-state index in [4.69, 9.17) is 5.11 Å². The van der Waals surface area contributed by atoms with Crippen molar-refractivity contribution in [2.24, 2.45) is 0 Å². The Morgan fingerprint density at radius 2 is 1.65 bits per heavy atom. The first kappa shape index (κ1) is 14.5. The van der Waals surface area contributed by atoms with Crippen molar-refractivity contribution in [2.45, 2.75) is 0 Å². The summed E-state index contributed by atoms with van der Waals surface area (Å²) >= 11 is 0. The van der Waals surface area contributed by atoms with Crippen LogP contribution < -0.4 is 5.56 Å². The molecule has 0 aliphatic carbocycles. The normalized spacial score (nSPS) is 10.6. The molecule has 114 valence electrons. The second-order valence-electron chi connectivity index (χ2n) is 4.91. The average Bonchev–Trinajstić information content (AvgIpc) is 2.55. The van der Waals surface area contributed by atoms with E-state index in [1.165, 1.54) is 30.3 Å². The minimum absolute atomic E-state index is 0.0212. The van der Waals surface area contributed by atoms with E-state index in [0.29, 0.717) is 0 Å². The second-order valence-corrected chi connectivity index (χ2v) is 4.91. The number of ketones is 1. The van der Waals surface area contributed by atoms with Gasteiger partial charge in [0.1, 0.15) is 11.3 Å². The molecule has 6 heteroatoms. The van der Waals surface area contributed by atoms with Gasteiger partial charge in [-0.15, -0.1) is 0 Å². The zero-order valence-electron chi connectivity index (χ0n) is 11.7. The highest BCUT2D eigenvalue weighted by Gasteiger charge is 2.22. The molecule has 6 nitrogen and oxygen atoms in total. The van der Waals surface area contributed by atoms with Gasteiger partial charge in [0.15, 0.2) is 0 Å². The number of rotatable bonds is 3. The number of carboxylic acids is 1. The van der Waals surface area contributed by atoms with Gasteiger partial charge in [-0.3, -0.25) is 9.59 Å². The molecule has 0 saturated heterocycles. The number of benzene rings is 2. The lowest BCUT2D eigenvalue weighted by atomic mass is 10.0. The number of pyridine rings is 1. The maximum absolute atomic E-state index is 12.5. The van der Waals surface area contributed by atoms with Crippen molar-refractivity contribution in [3.63, 3.8) is 0 Å². The number of aromatic carboxylic acids is 1. The van der Waals surface area contributed by atoms with Gasteiger partial charge in [-0.05, 0) is 12.1 Å². The Balaban J connectivity index is 2.31. The lowest BCUT2D eigenvalue weighted by Gasteiger charge is -2.08. The smallest absolute Gasteiger partial charge is 0.337 e. The predicted molar refractivity (Wildman–Crippen MR) is 83.1 cm³/mol. The number of nitrogens with one attached hydrogen (secondary N) is 1. The molecule has 1 aromatic heterocycles. The molecule has 2 aromatic carbocycles. The van der Waals surface area contributed by atoms with E-state index in [9.17, 15) is 19.5 Å². The van der Waals surface area contributed by atoms with Gasteiger partial charge in [0, 0.05) is 10.9 Å². The van der Waals surface area contributed by atoms with E-state index < -0.39 is 28.6 Å². The van der Waals surface area contributed by atoms with Crippen LogP contribution in [0.4, 0.5) is 0 Å². The van der Waals surface area contributed by atoms with Gasteiger partial charge in [-0.2, -0.15) is 0 Å². The average molecular weight is 309 g/mol. The van der Waals surface area contributed by atoms with Crippen molar-refractivity contribution in [3.05, 3.63) is 75.6 Å². The minimum atomic E-state index is -1.24. The number of hydrogen-bond acceptors (Lipinski definition) is 4. The van der Waals surface area contributed by atoms with E-state index in [1.807, 2.05) is 0 Å². The van der Waals surface area contributed by atoms with Crippen molar-refractivity contribution in [1.82, 2.24) is 4.98 Å². The third-order valence-electron chi connectivity index (χ3n) is 3.52. The molecule has 0 aliphatic rings. The highest BCUT2D eigenvalue weighted by Crippen LogP contribution is 2.28. The molecule has 0 unspecified atom stereocenters. The van der Waals surface area contributed by atoms with Crippen molar-refractivity contribution in [3.8, 4) is 5.75 Å². The molecule has 0 radical (unpaired) electrons. The number of para-hydroxylation sites is 1. The minimum Gasteiger partial charge on any atom is -0.506 e. The summed E-state index contributed by atoms with van der Waals surface area (Å²) in [5.74, 6) is -2.40. The monoisotopic (exact) mass is 309 g/mol. The fourth-order valence-electron chi connectivity index (χ4n) is 2.43. The Kier molecular flexibility index (Phi) is 3.42. The lowest BCUT2D eigenvalue weighted by Crippen LogP contribution is -2.19. The molecule has 0 atom stereocenters. The fourth-order valence-corrected chi connectivity index (χ4v) is 2.43. The zero-order valence-corrected chi connectivity index (χ0v) is 11.7. The SMILES string of the molecule is O=C(c1ccccc1)c1c(O)c2cccc(C(=O)O)c2[nH]c1=O. The first-order valence-corrected chi connectivity index (χ1v) is 6.71. The van der Waals surface area contributed by atoms with Crippen LogP contribution >= 0.6 is 0 Å². The lowest BCUT2D eigenvalue weighted by molar-refractivity contribution is 0.0698. The number of hydrogen-bond donors (Lipinski definition) is 3. The highest BCUT2D eigenvalue weighted by molar-refractivity contribution is 6.14. The van der Waals surface area contributed by atoms with Crippen LogP contribution in [0.1, 0.15) is 26.3 Å². The third-order valence-corrected chi connectivity index (χ3v) is 3.52. The van der Waals surface area contributed by atoms with Gasteiger partial charge in [0.05, 0.1) is 11.1 Å². The molecule has 0 amide bonds. The van der Waals surface area contributed by atoms with Crippen molar-refractivity contribution < 1.29 is 19.8 Å². The number of carboxylic acid groups (broad SMARTS) is 1. The van der Waals surface area contributed by atoms with Crippen LogP contribution in [0.25, 0.3) is 10.9 Å². The molecule has 23 heavy (non-hydrogen) atoms. The summed E-state index contributed by atoms with van der Waals surface area (Å²) in [6.07, 6.45) is 0. The second kappa shape index (κ2) is 5.42. The van der Waals surface area contributed by atoms with Crippen LogP contribution in [0.3, 0.4) is 0 Å². The van der Waals surface area contributed by atoms with Gasteiger partial charge >= 0.3 is 5.97 Å². The van der Waals surface area contributed by atoms with Gasteiger partial charge < -0.3 is 15.2 Å². The van der Waals surface area contributed by atoms with Crippen molar-refractivity contribution in [2.75, 3.05) is 0 Å². The largest absolute Gasteiger partial charge is 0.506 e. The Morgan fingerprint density at radius 3 is 2.30 bits per heavy atom. The number of H-pyrrole nitrogens is 1. The summed E-state index contributed by atoms with van der Waals surface area (Å²) in [7, 11) is 0. The maximum atomic E-state index is 12.5. The number of aromatic nitrogens is 1. The van der Waals surface area contributed by atoms with E-state index >= 15 is 0 Å². The Morgan fingerprint density at radius 1 is 0.957 bits per heavy atom. The molecule has 3 rings (SSSR count). The van der Waals surface area contributed by atoms with E-state index in [-0.39, 0.29) is 22.0 Å². The number of aromatic amines is 1. The van der Waals surface area contributed by atoms with Gasteiger partial charge in [0.25, 0.3) is 5.56 Å². The van der Waals surface area contributed by atoms with Gasteiger partial charge in [-0.25, -0.2) is 4.79 Å². The van der Waals surface area contributed by atoms with E-state index in [2.05, 4.69) is 4.98 Å². The molecule has 0 spiro atoms. The number of aromatic hydroxyl groups is 1. The van der Waals surface area contributed by atoms with Crippen LogP contribution in [0.15, 0.2) is 53.3 Å². The molecule has 1 heterocycles. The van der Waals surface area contributed by atoms with Gasteiger partial charge in [-0.1, -0.05) is 36.4 Å². The molecule has 0 aliphatic heterocycles. The Labute approximate surface area is 129 Å². The Hall–Kier alpha value is -3.41. The maximum Gasteiger partial charge on any atom is 0.337 e.